The molecule has 21 heavy (non-hydrogen) atoms. The standard InChI is InChI=1S/C16H21NO3S/c1-12(17-16(18)14-6-4-3-5-7-14)13-8-10-15(11-9-13)21(2,19)20/h3-4,8-12,14H,5-7H2,1-2H3,(H,17,18)/t12-,14+/m0/s1. The molecule has 0 spiro atoms. The van der Waals surface area contributed by atoms with Crippen LogP contribution in [0.3, 0.4) is 0 Å². The lowest BCUT2D eigenvalue weighted by atomic mass is 9.93. The number of benzene rings is 1. The molecule has 4 nitrogen and oxygen atoms in total. The van der Waals surface area contributed by atoms with Gasteiger partial charge in [0, 0.05) is 12.2 Å². The zero-order valence-corrected chi connectivity index (χ0v) is 13.2. The summed E-state index contributed by atoms with van der Waals surface area (Å²) in [6.45, 7) is 1.91. The van der Waals surface area contributed by atoms with Crippen LogP contribution < -0.4 is 5.32 Å². The number of nitrogens with one attached hydrogen (secondary N) is 1. The summed E-state index contributed by atoms with van der Waals surface area (Å²) < 4.78 is 22.8. The van der Waals surface area contributed by atoms with Crippen LogP contribution in [0.4, 0.5) is 0 Å². The summed E-state index contributed by atoms with van der Waals surface area (Å²) in [5, 5.41) is 3.00. The van der Waals surface area contributed by atoms with E-state index in [1.54, 1.807) is 24.3 Å². The first kappa shape index (κ1) is 15.8. The minimum atomic E-state index is -3.18. The van der Waals surface area contributed by atoms with E-state index < -0.39 is 9.84 Å². The van der Waals surface area contributed by atoms with E-state index in [9.17, 15) is 13.2 Å². The van der Waals surface area contributed by atoms with E-state index in [-0.39, 0.29) is 17.9 Å². The van der Waals surface area contributed by atoms with Gasteiger partial charge in [0.25, 0.3) is 0 Å². The Kier molecular flexibility index (Phi) is 4.83. The first-order valence-electron chi connectivity index (χ1n) is 7.13. The van der Waals surface area contributed by atoms with E-state index in [0.717, 1.165) is 24.8 Å². The maximum absolute atomic E-state index is 12.2. The van der Waals surface area contributed by atoms with Crippen molar-refractivity contribution in [1.82, 2.24) is 5.32 Å². The summed E-state index contributed by atoms with van der Waals surface area (Å²) in [5.41, 5.74) is 0.905. The van der Waals surface area contributed by atoms with Crippen LogP contribution in [0.25, 0.3) is 0 Å². The summed E-state index contributed by atoms with van der Waals surface area (Å²) in [6, 6.07) is 6.54. The highest BCUT2D eigenvalue weighted by Crippen LogP contribution is 2.21. The Morgan fingerprint density at radius 1 is 1.24 bits per heavy atom. The normalized spacial score (nSPS) is 20.0. The van der Waals surface area contributed by atoms with Gasteiger partial charge in [0.15, 0.2) is 9.84 Å². The van der Waals surface area contributed by atoms with Crippen molar-refractivity contribution in [2.24, 2.45) is 5.92 Å². The van der Waals surface area contributed by atoms with Crippen molar-refractivity contribution in [1.29, 1.82) is 0 Å². The highest BCUT2D eigenvalue weighted by atomic mass is 32.2. The number of amides is 1. The highest BCUT2D eigenvalue weighted by molar-refractivity contribution is 7.90. The monoisotopic (exact) mass is 307 g/mol. The first-order chi connectivity index (χ1) is 9.88. The molecule has 0 radical (unpaired) electrons. The Bertz CT molecular complexity index is 632. The molecule has 1 aromatic rings. The molecular formula is C16H21NO3S. The van der Waals surface area contributed by atoms with Gasteiger partial charge in [-0.25, -0.2) is 8.42 Å². The molecule has 0 unspecified atom stereocenters. The van der Waals surface area contributed by atoms with Gasteiger partial charge >= 0.3 is 0 Å². The average molecular weight is 307 g/mol. The molecule has 0 saturated heterocycles. The van der Waals surface area contributed by atoms with E-state index in [1.807, 2.05) is 6.92 Å². The Morgan fingerprint density at radius 2 is 1.90 bits per heavy atom. The number of carbonyl (C=O) groups excluding carboxylic acids is 1. The van der Waals surface area contributed by atoms with Gasteiger partial charge in [-0.05, 0) is 43.9 Å². The van der Waals surface area contributed by atoms with Gasteiger partial charge in [-0.3, -0.25) is 4.79 Å². The van der Waals surface area contributed by atoms with Gasteiger partial charge in [0.05, 0.1) is 10.9 Å². The Labute approximate surface area is 126 Å². The number of sulfone groups is 1. The fraction of sp³-hybridized carbons (Fsp3) is 0.438. The molecule has 2 atom stereocenters. The maximum Gasteiger partial charge on any atom is 0.223 e. The summed E-state index contributed by atoms with van der Waals surface area (Å²) in [5.74, 6) is 0.117. The Hall–Kier alpha value is -1.62. The van der Waals surface area contributed by atoms with E-state index in [2.05, 4.69) is 17.5 Å². The van der Waals surface area contributed by atoms with Crippen LogP contribution in [0, 0.1) is 5.92 Å². The lowest BCUT2D eigenvalue weighted by molar-refractivity contribution is -0.125. The van der Waals surface area contributed by atoms with Crippen LogP contribution >= 0.6 is 0 Å². The molecule has 5 heteroatoms. The van der Waals surface area contributed by atoms with E-state index in [4.69, 9.17) is 0 Å². The third kappa shape index (κ3) is 4.17. The summed E-state index contributed by atoms with van der Waals surface area (Å²) in [6.07, 6.45) is 7.99. The largest absolute Gasteiger partial charge is 0.349 e. The summed E-state index contributed by atoms with van der Waals surface area (Å²) >= 11 is 0. The molecule has 0 aliphatic heterocycles. The van der Waals surface area contributed by atoms with Crippen molar-refractivity contribution >= 4 is 15.7 Å². The zero-order valence-electron chi connectivity index (χ0n) is 12.4. The van der Waals surface area contributed by atoms with Gasteiger partial charge in [0.1, 0.15) is 0 Å². The molecule has 0 saturated carbocycles. The van der Waals surface area contributed by atoms with Crippen molar-refractivity contribution in [3.8, 4) is 0 Å². The molecule has 1 aliphatic carbocycles. The van der Waals surface area contributed by atoms with Crippen molar-refractivity contribution < 1.29 is 13.2 Å². The van der Waals surface area contributed by atoms with Crippen LogP contribution in [0.1, 0.15) is 37.8 Å². The van der Waals surface area contributed by atoms with Crippen LogP contribution in [0.5, 0.6) is 0 Å². The minimum absolute atomic E-state index is 0.0488. The number of allylic oxidation sites excluding steroid dienone is 2. The minimum Gasteiger partial charge on any atom is -0.349 e. The van der Waals surface area contributed by atoms with Gasteiger partial charge in [-0.1, -0.05) is 24.3 Å². The van der Waals surface area contributed by atoms with E-state index in [0.29, 0.717) is 4.90 Å². The van der Waals surface area contributed by atoms with Crippen molar-refractivity contribution in [3.05, 3.63) is 42.0 Å². The molecule has 1 aromatic carbocycles. The summed E-state index contributed by atoms with van der Waals surface area (Å²) in [7, 11) is -3.18. The highest BCUT2D eigenvalue weighted by Gasteiger charge is 2.20. The van der Waals surface area contributed by atoms with Crippen molar-refractivity contribution in [2.75, 3.05) is 6.26 Å². The second-order valence-corrected chi connectivity index (χ2v) is 7.57. The molecule has 2 rings (SSSR count). The lowest BCUT2D eigenvalue weighted by Gasteiger charge is -2.21. The number of carbonyl (C=O) groups is 1. The third-order valence-electron chi connectivity index (χ3n) is 3.81. The zero-order chi connectivity index (χ0) is 15.5. The summed E-state index contributed by atoms with van der Waals surface area (Å²) in [4.78, 5) is 12.5. The number of hydrogen-bond donors (Lipinski definition) is 1. The van der Waals surface area contributed by atoms with Gasteiger partial charge in [-0.2, -0.15) is 0 Å². The topological polar surface area (TPSA) is 63.2 Å². The number of hydrogen-bond acceptors (Lipinski definition) is 3. The second-order valence-electron chi connectivity index (χ2n) is 5.55. The predicted molar refractivity (Wildman–Crippen MR) is 82.6 cm³/mol. The molecule has 0 heterocycles. The van der Waals surface area contributed by atoms with Crippen molar-refractivity contribution in [3.63, 3.8) is 0 Å². The molecule has 0 aromatic heterocycles. The van der Waals surface area contributed by atoms with Crippen LogP contribution in [0.15, 0.2) is 41.3 Å². The Morgan fingerprint density at radius 3 is 2.43 bits per heavy atom. The predicted octanol–water partition coefficient (Wildman–Crippen LogP) is 2.62. The van der Waals surface area contributed by atoms with Crippen LogP contribution in [-0.2, 0) is 14.6 Å². The molecule has 0 bridgehead atoms. The Balaban J connectivity index is 2.01. The van der Waals surface area contributed by atoms with E-state index >= 15 is 0 Å². The van der Waals surface area contributed by atoms with Gasteiger partial charge in [-0.15, -0.1) is 0 Å². The fourth-order valence-electron chi connectivity index (χ4n) is 2.45. The molecule has 1 aliphatic rings. The van der Waals surface area contributed by atoms with Gasteiger partial charge in [0.2, 0.25) is 5.91 Å². The first-order valence-corrected chi connectivity index (χ1v) is 9.02. The molecule has 1 amide bonds. The molecule has 114 valence electrons. The third-order valence-corrected chi connectivity index (χ3v) is 4.94. The van der Waals surface area contributed by atoms with E-state index in [1.165, 1.54) is 6.26 Å². The fourth-order valence-corrected chi connectivity index (χ4v) is 3.08. The van der Waals surface area contributed by atoms with Gasteiger partial charge < -0.3 is 5.32 Å². The van der Waals surface area contributed by atoms with Crippen molar-refractivity contribution in [2.45, 2.75) is 37.1 Å². The SMILES string of the molecule is C[C@H](NC(=O)[C@@H]1CC=CCC1)c1ccc(S(C)(=O)=O)cc1. The smallest absolute Gasteiger partial charge is 0.223 e. The quantitative estimate of drug-likeness (QED) is 0.870. The lowest BCUT2D eigenvalue weighted by Crippen LogP contribution is -2.33. The maximum atomic E-state index is 12.2. The number of rotatable bonds is 4. The molecule has 1 N–H and O–H groups in total. The average Bonchev–Trinajstić information content (AvgIpc) is 2.47. The van der Waals surface area contributed by atoms with Crippen LogP contribution in [0.2, 0.25) is 0 Å². The molecule has 0 fully saturated rings. The van der Waals surface area contributed by atoms with Crippen LogP contribution in [-0.4, -0.2) is 20.6 Å². The second kappa shape index (κ2) is 6.43. The molecular weight excluding hydrogens is 286 g/mol.